The molecule has 3 rings (SSSR count). The van der Waals surface area contributed by atoms with Crippen molar-refractivity contribution in [2.24, 2.45) is 5.92 Å². The van der Waals surface area contributed by atoms with Crippen LogP contribution in [0.15, 0.2) is 24.4 Å². The number of carbonyl (C=O) groups excluding carboxylic acids is 2. The van der Waals surface area contributed by atoms with E-state index in [0.717, 1.165) is 12.8 Å². The Hall–Kier alpha value is -1.91. The van der Waals surface area contributed by atoms with Gasteiger partial charge in [0.1, 0.15) is 6.04 Å². The van der Waals surface area contributed by atoms with E-state index in [4.69, 9.17) is 0 Å². The van der Waals surface area contributed by atoms with Gasteiger partial charge in [0.25, 0.3) is 5.91 Å². The highest BCUT2D eigenvalue weighted by Gasteiger charge is 2.57. The van der Waals surface area contributed by atoms with Crippen molar-refractivity contribution in [2.45, 2.75) is 44.7 Å². The maximum atomic E-state index is 13.3. The second-order valence-corrected chi connectivity index (χ2v) is 6.73. The molecule has 0 aromatic carbocycles. The van der Waals surface area contributed by atoms with Gasteiger partial charge < -0.3 is 9.80 Å². The summed E-state index contributed by atoms with van der Waals surface area (Å²) in [5.41, 5.74) is -0.289. The molecule has 2 atom stereocenters. The number of hydrogen-bond donors (Lipinski definition) is 0. The quantitative estimate of drug-likeness (QED) is 0.855. The van der Waals surface area contributed by atoms with E-state index in [9.17, 15) is 9.59 Å². The Kier molecular flexibility index (Phi) is 3.67. The van der Waals surface area contributed by atoms with Gasteiger partial charge in [-0.3, -0.25) is 14.6 Å². The third-order valence-corrected chi connectivity index (χ3v) is 4.85. The van der Waals surface area contributed by atoms with E-state index in [2.05, 4.69) is 18.8 Å². The van der Waals surface area contributed by atoms with Gasteiger partial charge in [0.05, 0.1) is 5.69 Å². The highest BCUT2D eigenvalue weighted by atomic mass is 16.2. The summed E-state index contributed by atoms with van der Waals surface area (Å²) in [6.45, 7) is 4.83. The lowest BCUT2D eigenvalue weighted by Gasteiger charge is -2.49. The van der Waals surface area contributed by atoms with Gasteiger partial charge in [-0.15, -0.1) is 0 Å². The van der Waals surface area contributed by atoms with Crippen LogP contribution in [-0.4, -0.2) is 46.2 Å². The third-order valence-electron chi connectivity index (χ3n) is 4.85. The van der Waals surface area contributed by atoms with Crippen LogP contribution in [0.5, 0.6) is 0 Å². The van der Waals surface area contributed by atoms with Gasteiger partial charge in [-0.1, -0.05) is 19.9 Å². The standard InChI is InChI=1S/C17H23N3O2/c1-12(2)11-17(14-8-4-5-9-18-14)16(22)20-10-6-7-13(20)15(21)19(17)3/h4-5,8-9,12-13H,6-7,10-11H2,1-3H3/t13-,17-/m0/s1. The van der Waals surface area contributed by atoms with E-state index < -0.39 is 5.54 Å². The van der Waals surface area contributed by atoms with E-state index in [-0.39, 0.29) is 23.8 Å². The number of fused-ring (bicyclic) bond motifs is 1. The van der Waals surface area contributed by atoms with Crippen molar-refractivity contribution in [1.29, 1.82) is 0 Å². The maximum absolute atomic E-state index is 13.3. The molecule has 0 bridgehead atoms. The molecule has 0 spiro atoms. The molecule has 2 amide bonds. The van der Waals surface area contributed by atoms with Crippen LogP contribution >= 0.6 is 0 Å². The molecule has 0 radical (unpaired) electrons. The number of nitrogens with zero attached hydrogens (tertiary/aromatic N) is 3. The second kappa shape index (κ2) is 5.38. The Balaban J connectivity index is 2.15. The number of rotatable bonds is 3. The average molecular weight is 301 g/mol. The van der Waals surface area contributed by atoms with Crippen LogP contribution in [-0.2, 0) is 15.1 Å². The minimum Gasteiger partial charge on any atom is -0.328 e. The zero-order valence-corrected chi connectivity index (χ0v) is 13.5. The fourth-order valence-electron chi connectivity index (χ4n) is 3.87. The molecular formula is C17H23N3O2. The van der Waals surface area contributed by atoms with E-state index in [1.165, 1.54) is 0 Å². The summed E-state index contributed by atoms with van der Waals surface area (Å²) in [5.74, 6) is 0.355. The van der Waals surface area contributed by atoms with Gasteiger partial charge >= 0.3 is 0 Å². The topological polar surface area (TPSA) is 53.5 Å². The molecule has 0 aliphatic carbocycles. The zero-order chi connectivity index (χ0) is 15.9. The smallest absolute Gasteiger partial charge is 0.255 e. The molecule has 118 valence electrons. The first-order valence-corrected chi connectivity index (χ1v) is 7.98. The molecule has 0 N–H and O–H groups in total. The number of pyridine rings is 1. The fraction of sp³-hybridized carbons (Fsp3) is 0.588. The molecule has 3 heterocycles. The Morgan fingerprint density at radius 1 is 1.36 bits per heavy atom. The Morgan fingerprint density at radius 2 is 2.14 bits per heavy atom. The molecule has 5 nitrogen and oxygen atoms in total. The van der Waals surface area contributed by atoms with Crippen molar-refractivity contribution in [3.63, 3.8) is 0 Å². The third kappa shape index (κ3) is 2.02. The molecule has 2 fully saturated rings. The number of likely N-dealkylation sites (N-methyl/N-ethyl adjacent to an activating group) is 1. The van der Waals surface area contributed by atoms with E-state index in [1.54, 1.807) is 23.0 Å². The molecule has 0 saturated carbocycles. The largest absolute Gasteiger partial charge is 0.328 e. The number of carbonyl (C=O) groups is 2. The van der Waals surface area contributed by atoms with Crippen molar-refractivity contribution < 1.29 is 9.59 Å². The van der Waals surface area contributed by atoms with Crippen molar-refractivity contribution >= 4 is 11.8 Å². The van der Waals surface area contributed by atoms with Crippen LogP contribution in [0.4, 0.5) is 0 Å². The summed E-state index contributed by atoms with van der Waals surface area (Å²) >= 11 is 0. The van der Waals surface area contributed by atoms with E-state index in [0.29, 0.717) is 18.7 Å². The predicted octanol–water partition coefficient (Wildman–Crippen LogP) is 1.79. The minimum atomic E-state index is -0.965. The number of piperazine rings is 1. The predicted molar refractivity (Wildman–Crippen MR) is 82.9 cm³/mol. The van der Waals surface area contributed by atoms with Crippen LogP contribution in [0.25, 0.3) is 0 Å². The fourth-order valence-corrected chi connectivity index (χ4v) is 3.87. The van der Waals surface area contributed by atoms with Crippen molar-refractivity contribution in [1.82, 2.24) is 14.8 Å². The van der Waals surface area contributed by atoms with Gasteiger partial charge in [0.2, 0.25) is 5.91 Å². The molecule has 1 aromatic rings. The molecule has 2 saturated heterocycles. The molecule has 0 unspecified atom stereocenters. The first kappa shape index (κ1) is 15.0. The van der Waals surface area contributed by atoms with Crippen LogP contribution in [0, 0.1) is 5.92 Å². The summed E-state index contributed by atoms with van der Waals surface area (Å²) in [6.07, 6.45) is 3.96. The maximum Gasteiger partial charge on any atom is 0.255 e. The summed E-state index contributed by atoms with van der Waals surface area (Å²) in [5, 5.41) is 0. The first-order valence-electron chi connectivity index (χ1n) is 7.98. The number of amides is 2. The lowest BCUT2D eigenvalue weighted by Crippen LogP contribution is -2.67. The lowest BCUT2D eigenvalue weighted by molar-refractivity contribution is -0.169. The van der Waals surface area contributed by atoms with E-state index >= 15 is 0 Å². The van der Waals surface area contributed by atoms with Crippen molar-refractivity contribution in [2.75, 3.05) is 13.6 Å². The summed E-state index contributed by atoms with van der Waals surface area (Å²) in [6, 6.07) is 5.30. The van der Waals surface area contributed by atoms with E-state index in [1.807, 2.05) is 18.2 Å². The summed E-state index contributed by atoms with van der Waals surface area (Å²) in [4.78, 5) is 34.0. The Labute approximate surface area is 131 Å². The Bertz CT molecular complexity index is 587. The number of aromatic nitrogens is 1. The van der Waals surface area contributed by atoms with Crippen molar-refractivity contribution in [3.05, 3.63) is 30.1 Å². The van der Waals surface area contributed by atoms with Crippen LogP contribution in [0.1, 0.15) is 38.8 Å². The van der Waals surface area contributed by atoms with Gasteiger partial charge in [-0.2, -0.15) is 0 Å². The highest BCUT2D eigenvalue weighted by molar-refractivity contribution is 6.00. The van der Waals surface area contributed by atoms with Crippen LogP contribution in [0.2, 0.25) is 0 Å². The molecular weight excluding hydrogens is 278 g/mol. The second-order valence-electron chi connectivity index (χ2n) is 6.73. The highest BCUT2D eigenvalue weighted by Crippen LogP contribution is 2.41. The molecule has 1 aromatic heterocycles. The zero-order valence-electron chi connectivity index (χ0n) is 13.5. The van der Waals surface area contributed by atoms with Gasteiger partial charge in [0, 0.05) is 19.8 Å². The van der Waals surface area contributed by atoms with Gasteiger partial charge in [-0.05, 0) is 37.3 Å². The molecule has 5 heteroatoms. The van der Waals surface area contributed by atoms with Gasteiger partial charge in [0.15, 0.2) is 5.54 Å². The minimum absolute atomic E-state index is 0.0319. The average Bonchev–Trinajstić information content (AvgIpc) is 3.00. The van der Waals surface area contributed by atoms with Crippen LogP contribution in [0.3, 0.4) is 0 Å². The number of hydrogen-bond acceptors (Lipinski definition) is 3. The van der Waals surface area contributed by atoms with Gasteiger partial charge in [-0.25, -0.2) is 0 Å². The SMILES string of the molecule is CC(C)C[C@]1(c2ccccn2)C(=O)N2CCC[C@H]2C(=O)N1C. The molecule has 2 aliphatic rings. The Morgan fingerprint density at radius 3 is 2.77 bits per heavy atom. The van der Waals surface area contributed by atoms with Crippen LogP contribution < -0.4 is 0 Å². The lowest BCUT2D eigenvalue weighted by atomic mass is 9.80. The summed E-state index contributed by atoms with van der Waals surface area (Å²) < 4.78 is 0. The van der Waals surface area contributed by atoms with Crippen molar-refractivity contribution in [3.8, 4) is 0 Å². The monoisotopic (exact) mass is 301 g/mol. The first-order chi connectivity index (χ1) is 10.5. The summed E-state index contributed by atoms with van der Waals surface area (Å²) in [7, 11) is 1.76. The molecule has 22 heavy (non-hydrogen) atoms. The molecule has 2 aliphatic heterocycles. The normalized spacial score (nSPS) is 28.5.